The van der Waals surface area contributed by atoms with Gasteiger partial charge in [0, 0.05) is 61.9 Å². The molecular formula is C20H24ClN5OS. The molecule has 0 unspecified atom stereocenters. The van der Waals surface area contributed by atoms with Crippen molar-refractivity contribution in [3.63, 3.8) is 0 Å². The van der Waals surface area contributed by atoms with E-state index < -0.39 is 0 Å². The zero-order chi connectivity index (χ0) is 19.3. The number of carbonyl (C=O) groups is 1. The van der Waals surface area contributed by atoms with Gasteiger partial charge in [-0.1, -0.05) is 29.8 Å². The van der Waals surface area contributed by atoms with E-state index in [-0.39, 0.29) is 5.91 Å². The number of hydrogen-bond acceptors (Lipinski definition) is 6. The molecule has 8 heteroatoms. The summed E-state index contributed by atoms with van der Waals surface area (Å²) < 4.78 is 0. The van der Waals surface area contributed by atoms with E-state index in [1.165, 1.54) is 0 Å². The topological polar surface area (TPSA) is 52.6 Å². The molecular weight excluding hydrogens is 394 g/mol. The summed E-state index contributed by atoms with van der Waals surface area (Å²) in [5.74, 6) is 4.36. The first-order valence-corrected chi connectivity index (χ1v) is 11.1. The largest absolute Gasteiger partial charge is 0.355 e. The van der Waals surface area contributed by atoms with E-state index in [1.807, 2.05) is 40.9 Å². The van der Waals surface area contributed by atoms with Crippen molar-refractivity contribution >= 4 is 40.9 Å². The lowest BCUT2D eigenvalue weighted by atomic mass is 10.1. The molecule has 2 aliphatic heterocycles. The Hall–Kier alpha value is -1.99. The fourth-order valence-corrected chi connectivity index (χ4v) is 4.68. The predicted octanol–water partition coefficient (Wildman–Crippen LogP) is 2.57. The number of piperazine rings is 1. The molecule has 1 aromatic heterocycles. The molecule has 0 bridgehead atoms. The van der Waals surface area contributed by atoms with E-state index in [0.717, 1.165) is 54.9 Å². The van der Waals surface area contributed by atoms with Crippen molar-refractivity contribution in [2.24, 2.45) is 0 Å². The van der Waals surface area contributed by atoms with Crippen LogP contribution in [0, 0.1) is 0 Å². The number of halogens is 1. The van der Waals surface area contributed by atoms with Gasteiger partial charge in [0.15, 0.2) is 0 Å². The second-order valence-corrected chi connectivity index (χ2v) is 8.60. The summed E-state index contributed by atoms with van der Waals surface area (Å²) in [6, 6.07) is 9.62. The van der Waals surface area contributed by atoms with Crippen molar-refractivity contribution in [2.45, 2.75) is 6.42 Å². The van der Waals surface area contributed by atoms with Crippen LogP contribution < -0.4 is 9.80 Å². The highest BCUT2D eigenvalue weighted by atomic mass is 35.5. The Kier molecular flexibility index (Phi) is 6.22. The number of hydrogen-bond donors (Lipinski definition) is 0. The molecule has 1 aromatic carbocycles. The van der Waals surface area contributed by atoms with E-state index in [2.05, 4.69) is 25.8 Å². The van der Waals surface area contributed by atoms with E-state index in [1.54, 1.807) is 6.33 Å². The normalized spacial score (nSPS) is 17.7. The number of amides is 1. The van der Waals surface area contributed by atoms with Crippen LogP contribution in [0.1, 0.15) is 5.56 Å². The Labute approximate surface area is 174 Å². The van der Waals surface area contributed by atoms with Gasteiger partial charge in [-0.2, -0.15) is 11.8 Å². The van der Waals surface area contributed by atoms with Gasteiger partial charge in [0.25, 0.3) is 0 Å². The monoisotopic (exact) mass is 417 g/mol. The molecule has 0 aliphatic carbocycles. The van der Waals surface area contributed by atoms with Crippen LogP contribution in [0.5, 0.6) is 0 Å². The van der Waals surface area contributed by atoms with Gasteiger partial charge in [0.05, 0.1) is 6.42 Å². The molecule has 2 saturated heterocycles. The SMILES string of the molecule is O=C(Cc1ccccc1Cl)N1CCN(c2cc(N3CCSCC3)ncn2)CC1. The Morgan fingerprint density at radius 2 is 1.61 bits per heavy atom. The molecule has 6 nitrogen and oxygen atoms in total. The van der Waals surface area contributed by atoms with Crippen molar-refractivity contribution < 1.29 is 4.79 Å². The first-order chi connectivity index (χ1) is 13.7. The predicted molar refractivity (Wildman–Crippen MR) is 116 cm³/mol. The number of aromatic nitrogens is 2. The third-order valence-electron chi connectivity index (χ3n) is 5.23. The van der Waals surface area contributed by atoms with Gasteiger partial charge in [-0.25, -0.2) is 9.97 Å². The third-order valence-corrected chi connectivity index (χ3v) is 6.54. The van der Waals surface area contributed by atoms with Gasteiger partial charge in [-0.05, 0) is 11.6 Å². The van der Waals surface area contributed by atoms with Crippen LogP contribution in [-0.2, 0) is 11.2 Å². The number of thioether (sulfide) groups is 1. The van der Waals surface area contributed by atoms with Crippen LogP contribution in [0.15, 0.2) is 36.7 Å². The molecule has 0 spiro atoms. The molecule has 0 atom stereocenters. The zero-order valence-electron chi connectivity index (χ0n) is 15.8. The maximum absolute atomic E-state index is 12.6. The number of nitrogens with zero attached hydrogens (tertiary/aromatic N) is 5. The molecule has 2 aromatic rings. The van der Waals surface area contributed by atoms with E-state index in [9.17, 15) is 4.79 Å². The molecule has 28 heavy (non-hydrogen) atoms. The van der Waals surface area contributed by atoms with Gasteiger partial charge in [-0.3, -0.25) is 4.79 Å². The highest BCUT2D eigenvalue weighted by Crippen LogP contribution is 2.22. The Balaban J connectivity index is 1.35. The zero-order valence-corrected chi connectivity index (χ0v) is 17.3. The second-order valence-electron chi connectivity index (χ2n) is 6.97. The minimum Gasteiger partial charge on any atom is -0.355 e. The quantitative estimate of drug-likeness (QED) is 0.762. The van der Waals surface area contributed by atoms with Crippen LogP contribution in [0.4, 0.5) is 11.6 Å². The molecule has 0 radical (unpaired) electrons. The van der Waals surface area contributed by atoms with Crippen molar-refractivity contribution in [3.8, 4) is 0 Å². The van der Waals surface area contributed by atoms with Crippen LogP contribution in [0.2, 0.25) is 5.02 Å². The van der Waals surface area contributed by atoms with E-state index in [0.29, 0.717) is 24.5 Å². The molecule has 2 aliphatic rings. The van der Waals surface area contributed by atoms with Crippen LogP contribution in [0.3, 0.4) is 0 Å². The summed E-state index contributed by atoms with van der Waals surface area (Å²) >= 11 is 8.18. The fourth-order valence-electron chi connectivity index (χ4n) is 3.58. The minimum atomic E-state index is 0.127. The Morgan fingerprint density at radius 3 is 2.29 bits per heavy atom. The summed E-state index contributed by atoms with van der Waals surface area (Å²) in [6.45, 7) is 5.02. The summed E-state index contributed by atoms with van der Waals surface area (Å²) in [5, 5.41) is 0.652. The molecule has 0 N–H and O–H groups in total. The molecule has 1 amide bonds. The summed E-state index contributed by atoms with van der Waals surface area (Å²) in [4.78, 5) is 28.0. The van der Waals surface area contributed by atoms with Crippen molar-refractivity contribution in [2.75, 3.05) is 60.6 Å². The van der Waals surface area contributed by atoms with Crippen molar-refractivity contribution in [3.05, 3.63) is 47.2 Å². The molecule has 4 rings (SSSR count). The van der Waals surface area contributed by atoms with Crippen molar-refractivity contribution in [1.29, 1.82) is 0 Å². The van der Waals surface area contributed by atoms with Crippen LogP contribution in [0.25, 0.3) is 0 Å². The summed E-state index contributed by atoms with van der Waals surface area (Å²) in [6.07, 6.45) is 2.01. The third kappa shape index (κ3) is 4.52. The Morgan fingerprint density at radius 1 is 0.964 bits per heavy atom. The van der Waals surface area contributed by atoms with Gasteiger partial charge in [0.1, 0.15) is 18.0 Å². The van der Waals surface area contributed by atoms with Gasteiger partial charge < -0.3 is 14.7 Å². The standard InChI is InChI=1S/C20H24ClN5OS/c21-17-4-2-1-3-16(17)13-20(27)26-7-5-24(6-8-26)18-14-19(23-15-22-18)25-9-11-28-12-10-25/h1-4,14-15H,5-13H2. The highest BCUT2D eigenvalue weighted by molar-refractivity contribution is 7.99. The maximum atomic E-state index is 12.6. The summed E-state index contributed by atoms with van der Waals surface area (Å²) in [7, 11) is 0. The molecule has 0 saturated carbocycles. The average Bonchev–Trinajstić information content (AvgIpc) is 2.76. The van der Waals surface area contributed by atoms with E-state index >= 15 is 0 Å². The number of carbonyl (C=O) groups excluding carboxylic acids is 1. The lowest BCUT2D eigenvalue weighted by Gasteiger charge is -2.36. The van der Waals surface area contributed by atoms with Crippen LogP contribution in [-0.4, -0.2) is 71.5 Å². The number of rotatable bonds is 4. The maximum Gasteiger partial charge on any atom is 0.227 e. The first-order valence-electron chi connectivity index (χ1n) is 9.61. The first kappa shape index (κ1) is 19.3. The van der Waals surface area contributed by atoms with Gasteiger partial charge >= 0.3 is 0 Å². The van der Waals surface area contributed by atoms with Crippen molar-refractivity contribution in [1.82, 2.24) is 14.9 Å². The fraction of sp³-hybridized carbons (Fsp3) is 0.450. The minimum absolute atomic E-state index is 0.127. The average molecular weight is 418 g/mol. The van der Waals surface area contributed by atoms with Gasteiger partial charge in [-0.15, -0.1) is 0 Å². The van der Waals surface area contributed by atoms with Gasteiger partial charge in [0.2, 0.25) is 5.91 Å². The molecule has 148 valence electrons. The molecule has 2 fully saturated rings. The Bertz CT molecular complexity index is 822. The van der Waals surface area contributed by atoms with E-state index in [4.69, 9.17) is 11.6 Å². The summed E-state index contributed by atoms with van der Waals surface area (Å²) in [5.41, 5.74) is 0.886. The highest BCUT2D eigenvalue weighted by Gasteiger charge is 2.23. The lowest BCUT2D eigenvalue weighted by Crippen LogP contribution is -2.49. The number of anilines is 2. The smallest absolute Gasteiger partial charge is 0.227 e. The second kappa shape index (κ2) is 9.01. The molecule has 3 heterocycles. The number of benzene rings is 1. The lowest BCUT2D eigenvalue weighted by molar-refractivity contribution is -0.130. The van der Waals surface area contributed by atoms with Crippen LogP contribution >= 0.6 is 23.4 Å².